The van der Waals surface area contributed by atoms with Crippen LogP contribution in [-0.4, -0.2) is 71.3 Å². The zero-order valence-electron chi connectivity index (χ0n) is 21.0. The zero-order valence-corrected chi connectivity index (χ0v) is 22.5. The SMILES string of the molecule is CC.CC.CC.CN(C)C(=O)CCl.CN(C)C(=O)Cn1cc(C(=O)O)c2c(Cl)cccc21. The molecule has 0 saturated heterocycles. The largest absolute Gasteiger partial charge is 0.478 e. The molecule has 0 saturated carbocycles. The van der Waals surface area contributed by atoms with Crippen LogP contribution in [-0.2, 0) is 16.1 Å². The third kappa shape index (κ3) is 11.4. The molecule has 0 spiro atoms. The number of carbonyl (C=O) groups excluding carboxylic acids is 2. The lowest BCUT2D eigenvalue weighted by Crippen LogP contribution is -2.25. The lowest BCUT2D eigenvalue weighted by molar-refractivity contribution is -0.129. The summed E-state index contributed by atoms with van der Waals surface area (Å²) >= 11 is 11.2. The fraction of sp³-hybridized carbons (Fsp3) is 0.522. The molecule has 1 heterocycles. The van der Waals surface area contributed by atoms with Crippen molar-refractivity contribution in [3.05, 3.63) is 35.0 Å². The molecule has 32 heavy (non-hydrogen) atoms. The predicted molar refractivity (Wildman–Crippen MR) is 136 cm³/mol. The van der Waals surface area contributed by atoms with E-state index >= 15 is 0 Å². The van der Waals surface area contributed by atoms with Gasteiger partial charge in [-0.15, -0.1) is 11.6 Å². The van der Waals surface area contributed by atoms with Crippen molar-refractivity contribution in [2.75, 3.05) is 34.1 Å². The van der Waals surface area contributed by atoms with Crippen LogP contribution in [0.1, 0.15) is 51.9 Å². The van der Waals surface area contributed by atoms with Crippen LogP contribution in [0.5, 0.6) is 0 Å². The van der Waals surface area contributed by atoms with Gasteiger partial charge in [0.15, 0.2) is 0 Å². The molecular weight excluding hydrogens is 453 g/mol. The lowest BCUT2D eigenvalue weighted by Gasteiger charge is -2.11. The number of carboxylic acid groups (broad SMARTS) is 1. The number of benzene rings is 1. The first-order chi connectivity index (χ1) is 15.1. The van der Waals surface area contributed by atoms with Crippen molar-refractivity contribution in [2.24, 2.45) is 0 Å². The summed E-state index contributed by atoms with van der Waals surface area (Å²) in [4.78, 5) is 36.2. The number of nitrogens with zero attached hydrogens (tertiary/aromatic N) is 3. The number of hydrogen-bond acceptors (Lipinski definition) is 3. The van der Waals surface area contributed by atoms with E-state index in [0.717, 1.165) is 0 Å². The number of aromatic nitrogens is 1. The number of alkyl halides is 1. The van der Waals surface area contributed by atoms with Crippen molar-refractivity contribution >= 4 is 51.9 Å². The second-order valence-corrected chi connectivity index (χ2v) is 6.49. The molecule has 2 rings (SSSR count). The number of halogens is 2. The number of amides is 2. The summed E-state index contributed by atoms with van der Waals surface area (Å²) in [7, 11) is 6.65. The predicted octanol–water partition coefficient (Wildman–Crippen LogP) is 5.47. The summed E-state index contributed by atoms with van der Waals surface area (Å²) in [6.45, 7) is 12.1. The van der Waals surface area contributed by atoms with Crippen molar-refractivity contribution < 1.29 is 19.5 Å². The van der Waals surface area contributed by atoms with Gasteiger partial charge in [0.05, 0.1) is 16.1 Å². The average Bonchev–Trinajstić information content (AvgIpc) is 3.17. The summed E-state index contributed by atoms with van der Waals surface area (Å²) < 4.78 is 1.60. The normalized spacial score (nSPS) is 8.75. The molecule has 1 aromatic carbocycles. The molecule has 2 amide bonds. The van der Waals surface area contributed by atoms with Crippen LogP contribution in [0.3, 0.4) is 0 Å². The smallest absolute Gasteiger partial charge is 0.337 e. The van der Waals surface area contributed by atoms with E-state index in [0.29, 0.717) is 15.9 Å². The van der Waals surface area contributed by atoms with Crippen LogP contribution in [0.4, 0.5) is 0 Å². The van der Waals surface area contributed by atoms with Crippen molar-refractivity contribution in [2.45, 2.75) is 48.1 Å². The molecule has 0 bridgehead atoms. The summed E-state index contributed by atoms with van der Waals surface area (Å²) in [6, 6.07) is 5.11. The molecule has 0 radical (unpaired) electrons. The van der Waals surface area contributed by atoms with E-state index in [1.165, 1.54) is 16.0 Å². The average molecular weight is 492 g/mol. The standard InChI is InChI=1S/C13H13ClN2O3.C4H8ClNO.3C2H6/c1-15(2)11(17)7-16-6-8(13(18)19)12-9(14)4-3-5-10(12)16;1-6(2)4(7)3-5;3*1-2/h3-6H,7H2,1-2H3,(H,18,19);3H2,1-2H3;3*1-2H3. The van der Waals surface area contributed by atoms with Crippen molar-refractivity contribution in [3.8, 4) is 0 Å². The molecule has 1 N–H and O–H groups in total. The zero-order chi connectivity index (χ0) is 26.0. The first-order valence-electron chi connectivity index (χ1n) is 10.6. The molecule has 184 valence electrons. The highest BCUT2D eigenvalue weighted by atomic mass is 35.5. The number of likely N-dealkylation sites (N-methyl/N-ethyl adjacent to an activating group) is 1. The molecule has 9 heteroatoms. The number of carbonyl (C=O) groups is 3. The minimum atomic E-state index is -1.06. The quantitative estimate of drug-likeness (QED) is 0.574. The van der Waals surface area contributed by atoms with Crippen LogP contribution < -0.4 is 0 Å². The molecule has 0 aliphatic heterocycles. The van der Waals surface area contributed by atoms with Gasteiger partial charge < -0.3 is 19.5 Å². The monoisotopic (exact) mass is 491 g/mol. The second kappa shape index (κ2) is 19.4. The molecule has 0 atom stereocenters. The Morgan fingerprint density at radius 1 is 0.906 bits per heavy atom. The number of hydrogen-bond donors (Lipinski definition) is 1. The van der Waals surface area contributed by atoms with Gasteiger partial charge in [-0.25, -0.2) is 4.79 Å². The first-order valence-corrected chi connectivity index (χ1v) is 11.5. The maximum Gasteiger partial charge on any atom is 0.337 e. The molecule has 0 unspecified atom stereocenters. The number of aromatic carboxylic acids is 1. The van der Waals surface area contributed by atoms with Gasteiger partial charge in [-0.2, -0.15) is 0 Å². The number of fused-ring (bicyclic) bond motifs is 1. The van der Waals surface area contributed by atoms with Gasteiger partial charge in [0.25, 0.3) is 0 Å². The topological polar surface area (TPSA) is 82.9 Å². The Hall–Kier alpha value is -2.25. The Kier molecular flexibility index (Phi) is 20.9. The van der Waals surface area contributed by atoms with Crippen LogP contribution in [0.25, 0.3) is 10.9 Å². The van der Waals surface area contributed by atoms with Crippen molar-refractivity contribution in [1.82, 2.24) is 14.4 Å². The number of carboxylic acids is 1. The lowest BCUT2D eigenvalue weighted by atomic mass is 10.2. The van der Waals surface area contributed by atoms with E-state index < -0.39 is 5.97 Å². The third-order valence-electron chi connectivity index (χ3n) is 3.50. The van der Waals surface area contributed by atoms with E-state index in [1.54, 1.807) is 51.0 Å². The Bertz CT molecular complexity index is 819. The van der Waals surface area contributed by atoms with E-state index in [4.69, 9.17) is 23.2 Å². The van der Waals surface area contributed by atoms with E-state index in [2.05, 4.69) is 0 Å². The molecule has 0 aliphatic rings. The first kappa shape index (κ1) is 34.4. The molecule has 0 aliphatic carbocycles. The molecular formula is C23H39Cl2N3O4. The fourth-order valence-electron chi connectivity index (χ4n) is 2.01. The minimum absolute atomic E-state index is 0.0540. The summed E-state index contributed by atoms with van der Waals surface area (Å²) in [6.07, 6.45) is 1.44. The second-order valence-electron chi connectivity index (χ2n) is 5.82. The molecule has 2 aromatic rings. The van der Waals surface area contributed by atoms with Crippen LogP contribution in [0.2, 0.25) is 5.02 Å². The van der Waals surface area contributed by atoms with Gasteiger partial charge in [-0.05, 0) is 12.1 Å². The van der Waals surface area contributed by atoms with Gasteiger partial charge in [-0.1, -0.05) is 59.2 Å². The molecule has 7 nitrogen and oxygen atoms in total. The number of rotatable bonds is 4. The minimum Gasteiger partial charge on any atom is -0.478 e. The fourth-order valence-corrected chi connectivity index (χ4v) is 2.52. The Balaban J connectivity index is -0.000000545. The van der Waals surface area contributed by atoms with E-state index in [-0.39, 0.29) is 29.8 Å². The highest BCUT2D eigenvalue weighted by Gasteiger charge is 2.18. The summed E-state index contributed by atoms with van der Waals surface area (Å²) in [5, 5.41) is 10.0. The van der Waals surface area contributed by atoms with Gasteiger partial charge in [-0.3, -0.25) is 9.59 Å². The Morgan fingerprint density at radius 3 is 1.72 bits per heavy atom. The summed E-state index contributed by atoms with van der Waals surface area (Å²) in [5.41, 5.74) is 0.743. The van der Waals surface area contributed by atoms with Crippen LogP contribution >= 0.6 is 23.2 Å². The van der Waals surface area contributed by atoms with Gasteiger partial charge in [0.1, 0.15) is 12.4 Å². The highest BCUT2D eigenvalue weighted by Crippen LogP contribution is 2.28. The maximum absolute atomic E-state index is 11.7. The van der Waals surface area contributed by atoms with Gasteiger partial charge in [0.2, 0.25) is 11.8 Å². The van der Waals surface area contributed by atoms with Gasteiger partial charge >= 0.3 is 5.97 Å². The van der Waals surface area contributed by atoms with Crippen LogP contribution in [0, 0.1) is 0 Å². The van der Waals surface area contributed by atoms with Crippen molar-refractivity contribution in [3.63, 3.8) is 0 Å². The molecule has 1 aromatic heterocycles. The highest BCUT2D eigenvalue weighted by molar-refractivity contribution is 6.36. The third-order valence-corrected chi connectivity index (χ3v) is 4.05. The summed E-state index contributed by atoms with van der Waals surface area (Å²) in [5.74, 6) is -1.16. The maximum atomic E-state index is 11.7. The molecule has 0 fully saturated rings. The van der Waals surface area contributed by atoms with E-state index in [9.17, 15) is 19.5 Å². The van der Waals surface area contributed by atoms with Gasteiger partial charge in [0, 0.05) is 39.8 Å². The van der Waals surface area contributed by atoms with Crippen molar-refractivity contribution in [1.29, 1.82) is 0 Å². The Labute approximate surface area is 202 Å². The Morgan fingerprint density at radius 2 is 1.38 bits per heavy atom. The van der Waals surface area contributed by atoms with E-state index in [1.807, 2.05) is 41.5 Å². The van der Waals surface area contributed by atoms with Crippen LogP contribution in [0.15, 0.2) is 24.4 Å².